The fraction of sp³-hybridized carbons (Fsp3) is 0.304. The molecule has 5 heteroatoms. The van der Waals surface area contributed by atoms with Crippen LogP contribution in [0.25, 0.3) is 0 Å². The lowest BCUT2D eigenvalue weighted by Crippen LogP contribution is -2.41. The van der Waals surface area contributed by atoms with Gasteiger partial charge in [0.15, 0.2) is 0 Å². The van der Waals surface area contributed by atoms with Crippen molar-refractivity contribution in [2.45, 2.75) is 31.7 Å². The molecule has 1 fully saturated rings. The number of para-hydroxylation sites is 1. The second kappa shape index (κ2) is 8.30. The van der Waals surface area contributed by atoms with Gasteiger partial charge in [-0.3, -0.25) is 9.59 Å². The number of carbonyl (C=O) groups is 2. The number of anilines is 3. The molecule has 2 atom stereocenters. The van der Waals surface area contributed by atoms with Crippen molar-refractivity contribution in [3.05, 3.63) is 66.7 Å². The number of amides is 2. The Bertz CT molecular complexity index is 857. The van der Waals surface area contributed by atoms with Gasteiger partial charge in [-0.1, -0.05) is 30.4 Å². The van der Waals surface area contributed by atoms with Crippen LogP contribution in [0.15, 0.2) is 66.7 Å². The monoisotopic (exact) mass is 375 g/mol. The van der Waals surface area contributed by atoms with Crippen molar-refractivity contribution >= 4 is 28.9 Å². The molecule has 2 aliphatic rings. The first-order chi connectivity index (χ1) is 13.7. The van der Waals surface area contributed by atoms with Crippen molar-refractivity contribution < 1.29 is 9.59 Å². The summed E-state index contributed by atoms with van der Waals surface area (Å²) >= 11 is 0. The minimum Gasteiger partial charge on any atom is -0.356 e. The molecule has 0 aromatic heterocycles. The SMILES string of the molecule is O=C(NC1CC1)[C@H]1CC=CC[C@H]1C(=O)Nc1ccc(Nc2ccccc2)cc1. The molecular weight excluding hydrogens is 350 g/mol. The molecule has 4 rings (SSSR count). The molecule has 2 aliphatic carbocycles. The van der Waals surface area contributed by atoms with Crippen LogP contribution in [0.4, 0.5) is 17.1 Å². The van der Waals surface area contributed by atoms with Crippen LogP contribution >= 0.6 is 0 Å². The fourth-order valence-electron chi connectivity index (χ4n) is 3.49. The molecule has 0 aliphatic heterocycles. The number of rotatable bonds is 6. The van der Waals surface area contributed by atoms with Gasteiger partial charge in [-0.05, 0) is 62.1 Å². The maximum absolute atomic E-state index is 12.8. The molecule has 0 radical (unpaired) electrons. The number of carbonyl (C=O) groups excluding carboxylic acids is 2. The molecule has 0 unspecified atom stereocenters. The highest BCUT2D eigenvalue weighted by Crippen LogP contribution is 2.29. The van der Waals surface area contributed by atoms with Gasteiger partial charge >= 0.3 is 0 Å². The number of hydrogen-bond donors (Lipinski definition) is 3. The Morgan fingerprint density at radius 3 is 1.93 bits per heavy atom. The molecule has 0 bridgehead atoms. The van der Waals surface area contributed by atoms with Crippen molar-refractivity contribution in [2.24, 2.45) is 11.8 Å². The standard InChI is InChI=1S/C23H25N3O2/c27-22(20-8-4-5-9-21(20)23(28)26-19-14-15-19)25-18-12-10-17(11-13-18)24-16-6-2-1-3-7-16/h1-7,10-13,19-21,24H,8-9,14-15H2,(H,25,27)(H,26,28)/t20-,21+/m1/s1. The Labute approximate surface area is 165 Å². The van der Waals surface area contributed by atoms with Gasteiger partial charge in [0.1, 0.15) is 0 Å². The first kappa shape index (κ1) is 18.3. The summed E-state index contributed by atoms with van der Waals surface area (Å²) in [5.74, 6) is -0.700. The van der Waals surface area contributed by atoms with Crippen molar-refractivity contribution in [2.75, 3.05) is 10.6 Å². The van der Waals surface area contributed by atoms with Gasteiger partial charge < -0.3 is 16.0 Å². The van der Waals surface area contributed by atoms with Crippen LogP contribution in [0.1, 0.15) is 25.7 Å². The summed E-state index contributed by atoms with van der Waals surface area (Å²) in [6, 6.07) is 17.9. The molecule has 5 nitrogen and oxygen atoms in total. The third kappa shape index (κ3) is 4.60. The zero-order valence-electron chi connectivity index (χ0n) is 15.7. The molecule has 28 heavy (non-hydrogen) atoms. The Hall–Kier alpha value is -3.08. The number of benzene rings is 2. The lowest BCUT2D eigenvalue weighted by Gasteiger charge is -2.26. The third-order valence-electron chi connectivity index (χ3n) is 5.24. The van der Waals surface area contributed by atoms with Crippen LogP contribution in [-0.2, 0) is 9.59 Å². The van der Waals surface area contributed by atoms with E-state index in [-0.39, 0.29) is 23.7 Å². The van der Waals surface area contributed by atoms with Crippen LogP contribution in [0.2, 0.25) is 0 Å². The molecule has 2 amide bonds. The van der Waals surface area contributed by atoms with Gasteiger partial charge in [0, 0.05) is 23.1 Å². The Morgan fingerprint density at radius 1 is 0.714 bits per heavy atom. The lowest BCUT2D eigenvalue weighted by molar-refractivity contribution is -0.132. The van der Waals surface area contributed by atoms with Gasteiger partial charge in [-0.2, -0.15) is 0 Å². The Balaban J connectivity index is 1.37. The maximum atomic E-state index is 12.8. The molecule has 0 heterocycles. The fourth-order valence-corrected chi connectivity index (χ4v) is 3.49. The average molecular weight is 375 g/mol. The van der Waals surface area contributed by atoms with Crippen LogP contribution in [0.3, 0.4) is 0 Å². The van der Waals surface area contributed by atoms with E-state index in [2.05, 4.69) is 16.0 Å². The predicted octanol–water partition coefficient (Wildman–Crippen LogP) is 4.23. The van der Waals surface area contributed by atoms with E-state index in [1.165, 1.54) is 0 Å². The van der Waals surface area contributed by atoms with E-state index in [0.717, 1.165) is 29.9 Å². The smallest absolute Gasteiger partial charge is 0.228 e. The molecule has 2 aromatic rings. The minimum atomic E-state index is -0.328. The predicted molar refractivity (Wildman–Crippen MR) is 111 cm³/mol. The largest absolute Gasteiger partial charge is 0.356 e. The molecule has 0 saturated heterocycles. The van der Waals surface area contributed by atoms with Crippen LogP contribution in [-0.4, -0.2) is 17.9 Å². The highest BCUT2D eigenvalue weighted by atomic mass is 16.2. The van der Waals surface area contributed by atoms with E-state index >= 15 is 0 Å². The number of hydrogen-bond acceptors (Lipinski definition) is 3. The zero-order chi connectivity index (χ0) is 19.3. The molecule has 144 valence electrons. The first-order valence-electron chi connectivity index (χ1n) is 9.87. The second-order valence-electron chi connectivity index (χ2n) is 7.50. The molecular formula is C23H25N3O2. The summed E-state index contributed by atoms with van der Waals surface area (Å²) in [4.78, 5) is 25.3. The minimum absolute atomic E-state index is 0.00871. The summed E-state index contributed by atoms with van der Waals surface area (Å²) in [5, 5.41) is 9.34. The van der Waals surface area contributed by atoms with Gasteiger partial charge in [0.25, 0.3) is 0 Å². The van der Waals surface area contributed by atoms with E-state index < -0.39 is 0 Å². The van der Waals surface area contributed by atoms with Crippen molar-refractivity contribution in [3.63, 3.8) is 0 Å². The quantitative estimate of drug-likeness (QED) is 0.662. The average Bonchev–Trinajstić information content (AvgIpc) is 3.54. The van der Waals surface area contributed by atoms with Crippen LogP contribution < -0.4 is 16.0 Å². The van der Waals surface area contributed by atoms with E-state index in [9.17, 15) is 9.59 Å². The van der Waals surface area contributed by atoms with E-state index in [0.29, 0.717) is 18.9 Å². The number of nitrogens with one attached hydrogen (secondary N) is 3. The highest BCUT2D eigenvalue weighted by molar-refractivity contribution is 5.96. The summed E-state index contributed by atoms with van der Waals surface area (Å²) < 4.78 is 0. The summed E-state index contributed by atoms with van der Waals surface area (Å²) in [6.45, 7) is 0. The van der Waals surface area contributed by atoms with E-state index in [4.69, 9.17) is 0 Å². The third-order valence-corrected chi connectivity index (χ3v) is 5.24. The molecule has 3 N–H and O–H groups in total. The van der Waals surface area contributed by atoms with Crippen LogP contribution in [0, 0.1) is 11.8 Å². The summed E-state index contributed by atoms with van der Waals surface area (Å²) in [7, 11) is 0. The van der Waals surface area contributed by atoms with Crippen molar-refractivity contribution in [1.29, 1.82) is 0 Å². The molecule has 0 spiro atoms. The second-order valence-corrected chi connectivity index (χ2v) is 7.50. The Kier molecular flexibility index (Phi) is 5.42. The first-order valence-corrected chi connectivity index (χ1v) is 9.87. The van der Waals surface area contributed by atoms with Gasteiger partial charge in [0.2, 0.25) is 11.8 Å². The lowest BCUT2D eigenvalue weighted by atomic mass is 9.81. The highest BCUT2D eigenvalue weighted by Gasteiger charge is 2.36. The maximum Gasteiger partial charge on any atom is 0.228 e. The van der Waals surface area contributed by atoms with E-state index in [1.54, 1.807) is 0 Å². The zero-order valence-corrected chi connectivity index (χ0v) is 15.7. The van der Waals surface area contributed by atoms with Gasteiger partial charge in [-0.25, -0.2) is 0 Å². The Morgan fingerprint density at radius 2 is 1.29 bits per heavy atom. The summed E-state index contributed by atoms with van der Waals surface area (Å²) in [5.41, 5.74) is 2.70. The van der Waals surface area contributed by atoms with Gasteiger partial charge in [0.05, 0.1) is 11.8 Å². The van der Waals surface area contributed by atoms with Gasteiger partial charge in [-0.15, -0.1) is 0 Å². The van der Waals surface area contributed by atoms with E-state index in [1.807, 2.05) is 66.7 Å². The van der Waals surface area contributed by atoms with Crippen molar-refractivity contribution in [1.82, 2.24) is 5.32 Å². The topological polar surface area (TPSA) is 70.2 Å². The van der Waals surface area contributed by atoms with Crippen LogP contribution in [0.5, 0.6) is 0 Å². The number of allylic oxidation sites excluding steroid dienone is 2. The molecule has 2 aromatic carbocycles. The van der Waals surface area contributed by atoms with Crippen molar-refractivity contribution in [3.8, 4) is 0 Å². The molecule has 1 saturated carbocycles. The normalized spacial score (nSPS) is 21.0. The summed E-state index contributed by atoms with van der Waals surface area (Å²) in [6.07, 6.45) is 7.32.